The number of nitrogens with two attached hydrogens (primary N) is 1. The molecule has 1 amide bonds. The van der Waals surface area contributed by atoms with Crippen LogP contribution in [0.15, 0.2) is 29.2 Å². The van der Waals surface area contributed by atoms with Gasteiger partial charge in [0.2, 0.25) is 10.0 Å². The van der Waals surface area contributed by atoms with Crippen molar-refractivity contribution in [1.82, 2.24) is 10.0 Å². The standard InChI is InChI=1S/C14H23N3O3S/c1-10(2)17-21(19,20)13-6-4-12(5-7-13)14(18)16-9-8-11(3)15/h4-7,10-11,17H,8-9,15H2,1-3H3,(H,16,18). The quantitative estimate of drug-likeness (QED) is 0.694. The van der Waals surface area contributed by atoms with Crippen LogP contribution in [0, 0.1) is 0 Å². The summed E-state index contributed by atoms with van der Waals surface area (Å²) in [5, 5.41) is 2.74. The zero-order chi connectivity index (χ0) is 16.0. The lowest BCUT2D eigenvalue weighted by molar-refractivity contribution is 0.0952. The van der Waals surface area contributed by atoms with Crippen molar-refractivity contribution in [2.75, 3.05) is 6.54 Å². The molecule has 0 saturated carbocycles. The third-order valence-electron chi connectivity index (χ3n) is 2.70. The fourth-order valence-corrected chi connectivity index (χ4v) is 2.93. The molecule has 118 valence electrons. The zero-order valence-electron chi connectivity index (χ0n) is 12.6. The molecule has 0 aromatic heterocycles. The van der Waals surface area contributed by atoms with Crippen molar-refractivity contribution in [3.63, 3.8) is 0 Å². The zero-order valence-corrected chi connectivity index (χ0v) is 13.4. The summed E-state index contributed by atoms with van der Waals surface area (Å²) in [7, 11) is -3.53. The minimum atomic E-state index is -3.53. The van der Waals surface area contributed by atoms with Crippen LogP contribution in [-0.4, -0.2) is 33.0 Å². The van der Waals surface area contributed by atoms with Crippen LogP contribution >= 0.6 is 0 Å². The Kier molecular flexibility index (Phi) is 6.32. The highest BCUT2D eigenvalue weighted by molar-refractivity contribution is 7.89. The number of benzene rings is 1. The second-order valence-electron chi connectivity index (χ2n) is 5.32. The van der Waals surface area contributed by atoms with Gasteiger partial charge >= 0.3 is 0 Å². The third kappa shape index (κ3) is 5.82. The Morgan fingerprint density at radius 1 is 1.19 bits per heavy atom. The molecule has 0 fully saturated rings. The van der Waals surface area contributed by atoms with Crippen molar-refractivity contribution in [3.8, 4) is 0 Å². The number of sulfonamides is 1. The molecule has 0 aliphatic heterocycles. The molecule has 0 saturated heterocycles. The summed E-state index contributed by atoms with van der Waals surface area (Å²) in [6, 6.07) is 5.68. The summed E-state index contributed by atoms with van der Waals surface area (Å²) in [5.41, 5.74) is 6.02. The molecule has 7 heteroatoms. The summed E-state index contributed by atoms with van der Waals surface area (Å²) >= 11 is 0. The number of hydrogen-bond donors (Lipinski definition) is 3. The van der Waals surface area contributed by atoms with E-state index >= 15 is 0 Å². The van der Waals surface area contributed by atoms with Crippen LogP contribution in [0.4, 0.5) is 0 Å². The molecule has 4 N–H and O–H groups in total. The predicted octanol–water partition coefficient (Wildman–Crippen LogP) is 0.840. The first kappa shape index (κ1) is 17.6. The molecule has 0 aliphatic carbocycles. The summed E-state index contributed by atoms with van der Waals surface area (Å²) in [6.07, 6.45) is 0.691. The van der Waals surface area contributed by atoms with Gasteiger partial charge in [-0.05, 0) is 51.5 Å². The molecule has 1 atom stereocenters. The third-order valence-corrected chi connectivity index (χ3v) is 4.38. The summed E-state index contributed by atoms with van der Waals surface area (Å²) in [6.45, 7) is 5.86. The van der Waals surface area contributed by atoms with E-state index in [-0.39, 0.29) is 22.9 Å². The van der Waals surface area contributed by atoms with Gasteiger partial charge in [-0.3, -0.25) is 4.79 Å². The van der Waals surface area contributed by atoms with E-state index in [1.54, 1.807) is 13.8 Å². The van der Waals surface area contributed by atoms with Gasteiger partial charge in [-0.1, -0.05) is 0 Å². The fraction of sp³-hybridized carbons (Fsp3) is 0.500. The van der Waals surface area contributed by atoms with E-state index in [0.717, 1.165) is 0 Å². The molecule has 1 unspecified atom stereocenters. The smallest absolute Gasteiger partial charge is 0.251 e. The Bertz CT molecular complexity index is 566. The Labute approximate surface area is 126 Å². The molecule has 0 spiro atoms. The van der Waals surface area contributed by atoms with Gasteiger partial charge in [0, 0.05) is 24.2 Å². The predicted molar refractivity (Wildman–Crippen MR) is 82.5 cm³/mol. The van der Waals surface area contributed by atoms with E-state index in [9.17, 15) is 13.2 Å². The largest absolute Gasteiger partial charge is 0.352 e. The van der Waals surface area contributed by atoms with Gasteiger partial charge in [-0.15, -0.1) is 0 Å². The van der Waals surface area contributed by atoms with E-state index < -0.39 is 10.0 Å². The van der Waals surface area contributed by atoms with Gasteiger partial charge in [0.15, 0.2) is 0 Å². The lowest BCUT2D eigenvalue weighted by Gasteiger charge is -2.10. The normalized spacial score (nSPS) is 13.2. The fourth-order valence-electron chi connectivity index (χ4n) is 1.68. The maximum atomic E-state index is 11.9. The second kappa shape index (κ2) is 7.53. The van der Waals surface area contributed by atoms with Crippen molar-refractivity contribution in [3.05, 3.63) is 29.8 Å². The molecular weight excluding hydrogens is 290 g/mol. The average Bonchev–Trinajstić information content (AvgIpc) is 2.37. The minimum Gasteiger partial charge on any atom is -0.352 e. The Morgan fingerprint density at radius 2 is 1.76 bits per heavy atom. The molecule has 0 aliphatic rings. The molecule has 1 rings (SSSR count). The van der Waals surface area contributed by atoms with E-state index in [1.165, 1.54) is 24.3 Å². The maximum Gasteiger partial charge on any atom is 0.251 e. The molecule has 21 heavy (non-hydrogen) atoms. The van der Waals surface area contributed by atoms with Crippen LogP contribution in [0.25, 0.3) is 0 Å². The molecule has 6 nitrogen and oxygen atoms in total. The van der Waals surface area contributed by atoms with Crippen LogP contribution in [0.3, 0.4) is 0 Å². The Hall–Kier alpha value is -1.44. The SMILES string of the molecule is CC(N)CCNC(=O)c1ccc(S(=O)(=O)NC(C)C)cc1. The van der Waals surface area contributed by atoms with Crippen LogP contribution in [-0.2, 0) is 10.0 Å². The first-order valence-electron chi connectivity index (χ1n) is 6.88. The highest BCUT2D eigenvalue weighted by Crippen LogP contribution is 2.11. The number of nitrogens with one attached hydrogen (secondary N) is 2. The summed E-state index contributed by atoms with van der Waals surface area (Å²) in [5.74, 6) is -0.239. The first-order chi connectivity index (χ1) is 9.72. The highest BCUT2D eigenvalue weighted by atomic mass is 32.2. The van der Waals surface area contributed by atoms with Crippen LogP contribution < -0.4 is 15.8 Å². The molecular formula is C14H23N3O3S. The minimum absolute atomic E-state index is 0.0277. The van der Waals surface area contributed by atoms with Crippen LogP contribution in [0.5, 0.6) is 0 Å². The average molecular weight is 313 g/mol. The van der Waals surface area contributed by atoms with E-state index in [2.05, 4.69) is 10.0 Å². The number of rotatable bonds is 7. The van der Waals surface area contributed by atoms with E-state index in [0.29, 0.717) is 18.5 Å². The van der Waals surface area contributed by atoms with Gasteiger partial charge in [-0.25, -0.2) is 13.1 Å². The number of amides is 1. The molecule has 0 heterocycles. The number of hydrogen-bond acceptors (Lipinski definition) is 4. The van der Waals surface area contributed by atoms with Gasteiger partial charge in [0.05, 0.1) is 4.90 Å². The number of carbonyl (C=O) groups excluding carboxylic acids is 1. The summed E-state index contributed by atoms with van der Waals surface area (Å²) in [4.78, 5) is 12.0. The van der Waals surface area contributed by atoms with Crippen LogP contribution in [0.1, 0.15) is 37.6 Å². The van der Waals surface area contributed by atoms with Crippen molar-refractivity contribution in [1.29, 1.82) is 0 Å². The Morgan fingerprint density at radius 3 is 2.24 bits per heavy atom. The van der Waals surface area contributed by atoms with Crippen molar-refractivity contribution >= 4 is 15.9 Å². The second-order valence-corrected chi connectivity index (χ2v) is 7.04. The maximum absolute atomic E-state index is 11.9. The van der Waals surface area contributed by atoms with Crippen LogP contribution in [0.2, 0.25) is 0 Å². The van der Waals surface area contributed by atoms with Gasteiger partial charge in [-0.2, -0.15) is 0 Å². The van der Waals surface area contributed by atoms with Gasteiger partial charge < -0.3 is 11.1 Å². The van der Waals surface area contributed by atoms with Crippen molar-refractivity contribution < 1.29 is 13.2 Å². The van der Waals surface area contributed by atoms with Crippen molar-refractivity contribution in [2.45, 2.75) is 44.2 Å². The van der Waals surface area contributed by atoms with Crippen molar-refractivity contribution in [2.24, 2.45) is 5.73 Å². The van der Waals surface area contributed by atoms with Gasteiger partial charge in [0.1, 0.15) is 0 Å². The molecule has 0 bridgehead atoms. The lowest BCUT2D eigenvalue weighted by Crippen LogP contribution is -2.30. The summed E-state index contributed by atoms with van der Waals surface area (Å²) < 4.78 is 26.4. The highest BCUT2D eigenvalue weighted by Gasteiger charge is 2.15. The van der Waals surface area contributed by atoms with E-state index in [4.69, 9.17) is 5.73 Å². The topological polar surface area (TPSA) is 101 Å². The first-order valence-corrected chi connectivity index (χ1v) is 8.37. The monoisotopic (exact) mass is 313 g/mol. The Balaban J connectivity index is 2.72. The molecule has 1 aromatic rings. The van der Waals surface area contributed by atoms with E-state index in [1.807, 2.05) is 6.92 Å². The van der Waals surface area contributed by atoms with Gasteiger partial charge in [0.25, 0.3) is 5.91 Å². The number of carbonyl (C=O) groups is 1. The lowest BCUT2D eigenvalue weighted by atomic mass is 10.2. The molecule has 1 aromatic carbocycles. The molecule has 0 radical (unpaired) electrons.